The lowest BCUT2D eigenvalue weighted by molar-refractivity contribution is -0.122. The lowest BCUT2D eigenvalue weighted by atomic mass is 10.2. The van der Waals surface area contributed by atoms with Crippen LogP contribution in [0, 0.1) is 0 Å². The third-order valence-corrected chi connectivity index (χ3v) is 1.50. The summed E-state index contributed by atoms with van der Waals surface area (Å²) >= 11 is 0. The number of ether oxygens (including phenoxy) is 2. The first-order valence-electron chi connectivity index (χ1n) is 4.39. The van der Waals surface area contributed by atoms with E-state index in [1.807, 2.05) is 6.92 Å². The summed E-state index contributed by atoms with van der Waals surface area (Å²) in [7, 11) is 1.54. The van der Waals surface area contributed by atoms with Crippen LogP contribution in [-0.4, -0.2) is 32.7 Å². The fourth-order valence-corrected chi connectivity index (χ4v) is 0.904. The van der Waals surface area contributed by atoms with Crippen LogP contribution in [0.15, 0.2) is 0 Å². The third-order valence-electron chi connectivity index (χ3n) is 1.50. The second-order valence-corrected chi connectivity index (χ2v) is 2.63. The summed E-state index contributed by atoms with van der Waals surface area (Å²) in [5.41, 5.74) is 0. The second kappa shape index (κ2) is 8.68. The zero-order valence-corrected chi connectivity index (χ0v) is 7.97. The second-order valence-electron chi connectivity index (χ2n) is 2.63. The van der Waals surface area contributed by atoms with Gasteiger partial charge in [0.05, 0.1) is 0 Å². The van der Waals surface area contributed by atoms with Crippen molar-refractivity contribution in [3.63, 3.8) is 0 Å². The molecule has 0 unspecified atom stereocenters. The maximum Gasteiger partial charge on any atom is 0.158 e. The molecule has 0 aromatic heterocycles. The van der Waals surface area contributed by atoms with Gasteiger partial charge in [0.25, 0.3) is 0 Å². The molecule has 0 amide bonds. The average molecular weight is 174 g/mol. The molecule has 0 aliphatic heterocycles. The van der Waals surface area contributed by atoms with Crippen LogP contribution in [0.2, 0.25) is 0 Å². The van der Waals surface area contributed by atoms with Crippen LogP contribution in [-0.2, 0) is 14.3 Å². The molecule has 0 atom stereocenters. The highest BCUT2D eigenvalue weighted by Crippen LogP contribution is 1.97. The van der Waals surface area contributed by atoms with Crippen molar-refractivity contribution in [3.05, 3.63) is 0 Å². The number of Topliss-reactive ketones (excluding diaryl/α,β-unsaturated/α-hetero) is 1. The molecule has 3 nitrogen and oxygen atoms in total. The quantitative estimate of drug-likeness (QED) is 0.522. The minimum atomic E-state index is 0.175. The van der Waals surface area contributed by atoms with Gasteiger partial charge in [-0.1, -0.05) is 0 Å². The van der Waals surface area contributed by atoms with E-state index in [9.17, 15) is 4.79 Å². The molecule has 0 bridgehead atoms. The van der Waals surface area contributed by atoms with Gasteiger partial charge in [-0.25, -0.2) is 0 Å². The van der Waals surface area contributed by atoms with Crippen LogP contribution < -0.4 is 0 Å². The highest BCUT2D eigenvalue weighted by Gasteiger charge is 1.99. The van der Waals surface area contributed by atoms with Crippen LogP contribution in [0.5, 0.6) is 0 Å². The topological polar surface area (TPSA) is 35.5 Å². The zero-order chi connectivity index (χ0) is 9.23. The predicted molar refractivity (Wildman–Crippen MR) is 47.2 cm³/mol. The van der Waals surface area contributed by atoms with Gasteiger partial charge >= 0.3 is 0 Å². The van der Waals surface area contributed by atoms with E-state index in [-0.39, 0.29) is 12.4 Å². The molecule has 0 heterocycles. The fourth-order valence-electron chi connectivity index (χ4n) is 0.904. The number of hydrogen-bond acceptors (Lipinski definition) is 3. The van der Waals surface area contributed by atoms with Gasteiger partial charge in [0.1, 0.15) is 6.61 Å². The molecular formula is C9H18O3. The first-order chi connectivity index (χ1) is 5.81. The van der Waals surface area contributed by atoms with Gasteiger partial charge in [-0.15, -0.1) is 0 Å². The number of methoxy groups -OCH3 is 1. The van der Waals surface area contributed by atoms with Gasteiger partial charge in [-0.3, -0.25) is 4.79 Å². The van der Waals surface area contributed by atoms with E-state index in [4.69, 9.17) is 9.47 Å². The Hall–Kier alpha value is -0.410. The Bertz CT molecular complexity index is 112. The Morgan fingerprint density at radius 3 is 2.67 bits per heavy atom. The normalized spacial score (nSPS) is 10.2. The van der Waals surface area contributed by atoms with Gasteiger partial charge in [0, 0.05) is 26.7 Å². The maximum absolute atomic E-state index is 10.9. The van der Waals surface area contributed by atoms with Crippen molar-refractivity contribution in [2.24, 2.45) is 0 Å². The lowest BCUT2D eigenvalue weighted by Gasteiger charge is -2.00. The maximum atomic E-state index is 10.9. The van der Waals surface area contributed by atoms with E-state index < -0.39 is 0 Å². The summed E-state index contributed by atoms with van der Waals surface area (Å²) in [6, 6.07) is 0. The monoisotopic (exact) mass is 174 g/mol. The summed E-state index contributed by atoms with van der Waals surface area (Å²) in [6.07, 6.45) is 2.48. The minimum Gasteiger partial charge on any atom is -0.382 e. The van der Waals surface area contributed by atoms with Crippen LogP contribution in [0.25, 0.3) is 0 Å². The third kappa shape index (κ3) is 7.69. The van der Waals surface area contributed by atoms with Crippen molar-refractivity contribution in [1.82, 2.24) is 0 Å². The fraction of sp³-hybridized carbons (Fsp3) is 0.889. The standard InChI is InChI=1S/C9H18O3/c1-3-12-7-5-4-6-9(10)8-11-2/h3-8H2,1-2H3. The first-order valence-corrected chi connectivity index (χ1v) is 4.39. The smallest absolute Gasteiger partial charge is 0.158 e. The number of carbonyl (C=O) groups is 1. The molecule has 0 radical (unpaired) electrons. The van der Waals surface area contributed by atoms with E-state index >= 15 is 0 Å². The van der Waals surface area contributed by atoms with Crippen molar-refractivity contribution < 1.29 is 14.3 Å². The highest BCUT2D eigenvalue weighted by atomic mass is 16.5. The summed E-state index contributed by atoms with van der Waals surface area (Å²) in [5, 5.41) is 0. The molecule has 0 aliphatic carbocycles. The molecule has 12 heavy (non-hydrogen) atoms. The molecule has 0 N–H and O–H groups in total. The van der Waals surface area contributed by atoms with Gasteiger partial charge in [-0.2, -0.15) is 0 Å². The molecule has 0 rings (SSSR count). The average Bonchev–Trinajstić information content (AvgIpc) is 2.05. The van der Waals surface area contributed by atoms with E-state index in [0.29, 0.717) is 6.42 Å². The number of hydrogen-bond donors (Lipinski definition) is 0. The van der Waals surface area contributed by atoms with Crippen LogP contribution in [0.3, 0.4) is 0 Å². The van der Waals surface area contributed by atoms with Gasteiger partial charge in [0.2, 0.25) is 0 Å². The van der Waals surface area contributed by atoms with Gasteiger partial charge < -0.3 is 9.47 Å². The SMILES string of the molecule is CCOCCCCC(=O)COC. The summed E-state index contributed by atoms with van der Waals surface area (Å²) in [4.78, 5) is 10.9. The van der Waals surface area contributed by atoms with E-state index in [0.717, 1.165) is 26.1 Å². The van der Waals surface area contributed by atoms with Crippen molar-refractivity contribution >= 4 is 5.78 Å². The van der Waals surface area contributed by atoms with E-state index in [1.165, 1.54) is 7.11 Å². The Labute approximate surface area is 74.0 Å². The van der Waals surface area contributed by atoms with Gasteiger partial charge in [0.15, 0.2) is 5.78 Å². The zero-order valence-electron chi connectivity index (χ0n) is 7.97. The predicted octanol–water partition coefficient (Wildman–Crippen LogP) is 1.41. The first kappa shape index (κ1) is 11.6. The Morgan fingerprint density at radius 1 is 1.33 bits per heavy atom. The van der Waals surface area contributed by atoms with Crippen LogP contribution in [0.4, 0.5) is 0 Å². The molecule has 0 aromatic carbocycles. The van der Waals surface area contributed by atoms with Gasteiger partial charge in [-0.05, 0) is 19.8 Å². The summed E-state index contributed by atoms with van der Waals surface area (Å²) in [6.45, 7) is 3.73. The summed E-state index contributed by atoms with van der Waals surface area (Å²) < 4.78 is 9.83. The molecule has 0 saturated carbocycles. The number of unbranched alkanes of at least 4 members (excludes halogenated alkanes) is 1. The molecule has 3 heteroatoms. The molecule has 0 spiro atoms. The van der Waals surface area contributed by atoms with Crippen LogP contribution in [0.1, 0.15) is 26.2 Å². The van der Waals surface area contributed by atoms with Crippen molar-refractivity contribution in [2.75, 3.05) is 26.9 Å². The molecule has 0 fully saturated rings. The largest absolute Gasteiger partial charge is 0.382 e. The Kier molecular flexibility index (Phi) is 8.39. The molecule has 72 valence electrons. The van der Waals surface area contributed by atoms with Crippen molar-refractivity contribution in [1.29, 1.82) is 0 Å². The van der Waals surface area contributed by atoms with Crippen molar-refractivity contribution in [2.45, 2.75) is 26.2 Å². The highest BCUT2D eigenvalue weighted by molar-refractivity contribution is 5.79. The summed E-state index contributed by atoms with van der Waals surface area (Å²) in [5.74, 6) is 0.175. The van der Waals surface area contributed by atoms with E-state index in [2.05, 4.69) is 0 Å². The lowest BCUT2D eigenvalue weighted by Crippen LogP contribution is -2.06. The Balaban J connectivity index is 3.03. The van der Waals surface area contributed by atoms with Crippen molar-refractivity contribution in [3.8, 4) is 0 Å². The molecule has 0 saturated heterocycles. The number of carbonyl (C=O) groups excluding carboxylic acids is 1. The van der Waals surface area contributed by atoms with Crippen LogP contribution >= 0.6 is 0 Å². The Morgan fingerprint density at radius 2 is 2.08 bits per heavy atom. The molecule has 0 aromatic rings. The van der Waals surface area contributed by atoms with E-state index in [1.54, 1.807) is 0 Å². The number of rotatable bonds is 8. The minimum absolute atomic E-state index is 0.175. The number of ketones is 1. The molecular weight excluding hydrogens is 156 g/mol. The molecule has 0 aliphatic rings.